The Morgan fingerprint density at radius 1 is 1.24 bits per heavy atom. The first-order valence-electron chi connectivity index (χ1n) is 8.62. The molecule has 0 saturated carbocycles. The van der Waals surface area contributed by atoms with Crippen molar-refractivity contribution in [2.75, 3.05) is 39.9 Å². The smallest absolute Gasteiger partial charge is 0.251 e. The van der Waals surface area contributed by atoms with Crippen LogP contribution >= 0.6 is 24.0 Å². The molecular weight excluding hydrogens is 431 g/mol. The molecule has 0 aliphatic heterocycles. The van der Waals surface area contributed by atoms with Gasteiger partial charge in [0.15, 0.2) is 5.96 Å². The number of carbonyl (C=O) groups excluding carboxylic acids is 1. The maximum absolute atomic E-state index is 11.7. The third-order valence-electron chi connectivity index (χ3n) is 3.39. The highest BCUT2D eigenvalue weighted by atomic mass is 127. The van der Waals surface area contributed by atoms with E-state index in [1.807, 2.05) is 38.1 Å². The summed E-state index contributed by atoms with van der Waals surface area (Å²) in [5.74, 6) is 0.755. The summed E-state index contributed by atoms with van der Waals surface area (Å²) in [7, 11) is 1.64. The molecule has 7 heteroatoms. The summed E-state index contributed by atoms with van der Waals surface area (Å²) >= 11 is 0. The molecule has 142 valence electrons. The van der Waals surface area contributed by atoms with Gasteiger partial charge in [0.2, 0.25) is 0 Å². The molecule has 0 radical (unpaired) electrons. The Balaban J connectivity index is 0.00000576. The molecule has 0 atom stereocenters. The van der Waals surface area contributed by atoms with Crippen molar-refractivity contribution in [3.63, 3.8) is 0 Å². The maximum atomic E-state index is 11.7. The molecule has 0 spiro atoms. The largest absolute Gasteiger partial charge is 0.382 e. The number of benzene rings is 1. The monoisotopic (exact) mass is 462 g/mol. The Labute approximate surface area is 168 Å². The fraction of sp³-hybridized carbons (Fsp3) is 0.556. The Hall–Kier alpha value is -1.35. The van der Waals surface area contributed by atoms with Crippen molar-refractivity contribution in [1.82, 2.24) is 16.0 Å². The van der Waals surface area contributed by atoms with E-state index in [0.717, 1.165) is 57.2 Å². The first-order chi connectivity index (χ1) is 11.7. The van der Waals surface area contributed by atoms with E-state index in [9.17, 15) is 4.79 Å². The van der Waals surface area contributed by atoms with Gasteiger partial charge in [-0.3, -0.25) is 9.79 Å². The Morgan fingerprint density at radius 3 is 2.72 bits per heavy atom. The summed E-state index contributed by atoms with van der Waals surface area (Å²) in [6, 6.07) is 7.68. The number of nitrogens with one attached hydrogen (secondary N) is 3. The molecule has 1 aromatic carbocycles. The summed E-state index contributed by atoms with van der Waals surface area (Å²) in [4.78, 5) is 16.2. The topological polar surface area (TPSA) is 74.8 Å². The fourth-order valence-electron chi connectivity index (χ4n) is 2.18. The van der Waals surface area contributed by atoms with E-state index in [-0.39, 0.29) is 29.9 Å². The van der Waals surface area contributed by atoms with Crippen molar-refractivity contribution >= 4 is 35.8 Å². The van der Waals surface area contributed by atoms with Gasteiger partial charge in [-0.15, -0.1) is 24.0 Å². The molecule has 0 heterocycles. The number of hydrogen-bond donors (Lipinski definition) is 3. The lowest BCUT2D eigenvalue weighted by molar-refractivity contribution is 0.0963. The molecule has 0 aromatic heterocycles. The Morgan fingerprint density at radius 2 is 2.04 bits per heavy atom. The number of carbonyl (C=O) groups is 1. The van der Waals surface area contributed by atoms with E-state index in [1.54, 1.807) is 7.05 Å². The number of amides is 1. The van der Waals surface area contributed by atoms with E-state index in [0.29, 0.717) is 5.56 Å². The second kappa shape index (κ2) is 14.9. The first kappa shape index (κ1) is 23.6. The Kier molecular flexibility index (Phi) is 14.1. The molecule has 1 aromatic rings. The van der Waals surface area contributed by atoms with Crippen LogP contribution in [0.2, 0.25) is 0 Å². The van der Waals surface area contributed by atoms with Gasteiger partial charge in [-0.1, -0.05) is 12.1 Å². The van der Waals surface area contributed by atoms with Crippen LogP contribution in [0, 0.1) is 0 Å². The lowest BCUT2D eigenvalue weighted by Crippen LogP contribution is -2.38. The molecule has 0 unspecified atom stereocenters. The van der Waals surface area contributed by atoms with Gasteiger partial charge in [-0.25, -0.2) is 0 Å². The number of hydrogen-bond acceptors (Lipinski definition) is 3. The van der Waals surface area contributed by atoms with Crippen LogP contribution in [0.25, 0.3) is 0 Å². The first-order valence-corrected chi connectivity index (χ1v) is 8.62. The van der Waals surface area contributed by atoms with Crippen LogP contribution in [0.1, 0.15) is 36.2 Å². The predicted octanol–water partition coefficient (Wildman–Crippen LogP) is 2.19. The van der Waals surface area contributed by atoms with Gasteiger partial charge >= 0.3 is 0 Å². The quantitative estimate of drug-likeness (QED) is 0.216. The van der Waals surface area contributed by atoms with Crippen molar-refractivity contribution in [2.45, 2.75) is 26.7 Å². The van der Waals surface area contributed by atoms with E-state index in [1.165, 1.54) is 0 Å². The number of guanidine groups is 1. The van der Waals surface area contributed by atoms with E-state index in [2.05, 4.69) is 20.9 Å². The van der Waals surface area contributed by atoms with Gasteiger partial charge in [-0.05, 0) is 44.4 Å². The van der Waals surface area contributed by atoms with Crippen LogP contribution in [0.4, 0.5) is 0 Å². The summed E-state index contributed by atoms with van der Waals surface area (Å²) in [5.41, 5.74) is 1.81. The molecule has 0 saturated heterocycles. The number of rotatable bonds is 10. The summed E-state index contributed by atoms with van der Waals surface area (Å²) in [6.45, 7) is 7.85. The average molecular weight is 462 g/mol. The van der Waals surface area contributed by atoms with Gasteiger partial charge in [-0.2, -0.15) is 0 Å². The number of nitrogens with zero attached hydrogens (tertiary/aromatic N) is 1. The molecule has 25 heavy (non-hydrogen) atoms. The average Bonchev–Trinajstić information content (AvgIpc) is 2.61. The molecule has 0 aliphatic rings. The third-order valence-corrected chi connectivity index (χ3v) is 3.39. The SMILES string of the molecule is CCNC(=NCCCOCC)NCCc1cccc(C(=O)NC)c1.I. The molecular formula is C18H31IN4O2. The lowest BCUT2D eigenvalue weighted by atomic mass is 10.1. The highest BCUT2D eigenvalue weighted by Gasteiger charge is 2.04. The zero-order chi connectivity index (χ0) is 17.6. The van der Waals surface area contributed by atoms with E-state index in [4.69, 9.17) is 4.74 Å². The van der Waals surface area contributed by atoms with E-state index < -0.39 is 0 Å². The number of ether oxygens (including phenoxy) is 1. The minimum absolute atomic E-state index is 0. The van der Waals surface area contributed by atoms with Crippen LogP contribution in [-0.4, -0.2) is 51.8 Å². The predicted molar refractivity (Wildman–Crippen MR) is 114 cm³/mol. The van der Waals surface area contributed by atoms with Crippen LogP contribution in [0.3, 0.4) is 0 Å². The van der Waals surface area contributed by atoms with Crippen LogP contribution in [-0.2, 0) is 11.2 Å². The van der Waals surface area contributed by atoms with Gasteiger partial charge in [0.1, 0.15) is 0 Å². The van der Waals surface area contributed by atoms with Gasteiger partial charge in [0.25, 0.3) is 5.91 Å². The maximum Gasteiger partial charge on any atom is 0.251 e. The van der Waals surface area contributed by atoms with Crippen molar-refractivity contribution in [2.24, 2.45) is 4.99 Å². The number of aliphatic imine (C=N–C) groups is 1. The van der Waals surface area contributed by atoms with Crippen molar-refractivity contribution in [1.29, 1.82) is 0 Å². The van der Waals surface area contributed by atoms with Crippen molar-refractivity contribution in [3.8, 4) is 0 Å². The van der Waals surface area contributed by atoms with Crippen LogP contribution < -0.4 is 16.0 Å². The number of halogens is 1. The normalized spacial score (nSPS) is 10.8. The highest BCUT2D eigenvalue weighted by molar-refractivity contribution is 14.0. The second-order valence-electron chi connectivity index (χ2n) is 5.27. The minimum Gasteiger partial charge on any atom is -0.382 e. The zero-order valence-corrected chi connectivity index (χ0v) is 17.8. The molecule has 3 N–H and O–H groups in total. The summed E-state index contributed by atoms with van der Waals surface area (Å²) in [5, 5.41) is 9.20. The summed E-state index contributed by atoms with van der Waals surface area (Å²) in [6.07, 6.45) is 1.74. The molecule has 6 nitrogen and oxygen atoms in total. The second-order valence-corrected chi connectivity index (χ2v) is 5.27. The van der Waals surface area contributed by atoms with Crippen LogP contribution in [0.15, 0.2) is 29.3 Å². The van der Waals surface area contributed by atoms with E-state index >= 15 is 0 Å². The Bertz CT molecular complexity index is 524. The highest BCUT2D eigenvalue weighted by Crippen LogP contribution is 2.05. The summed E-state index contributed by atoms with van der Waals surface area (Å²) < 4.78 is 5.31. The molecule has 1 rings (SSSR count). The lowest BCUT2D eigenvalue weighted by Gasteiger charge is -2.11. The van der Waals surface area contributed by atoms with Crippen LogP contribution in [0.5, 0.6) is 0 Å². The molecule has 0 bridgehead atoms. The molecule has 0 fully saturated rings. The third kappa shape index (κ3) is 10.3. The van der Waals surface area contributed by atoms with Crippen molar-refractivity contribution in [3.05, 3.63) is 35.4 Å². The molecule has 0 aliphatic carbocycles. The standard InChI is InChI=1S/C18H30N4O2.HI/c1-4-20-18(21-11-7-13-24-5-2)22-12-10-15-8-6-9-16(14-15)17(23)19-3;/h6,8-9,14H,4-5,7,10-13H2,1-3H3,(H,19,23)(H2,20,21,22);1H. The minimum atomic E-state index is -0.0611. The van der Waals surface area contributed by atoms with Gasteiger partial charge in [0, 0.05) is 45.5 Å². The zero-order valence-electron chi connectivity index (χ0n) is 15.4. The van der Waals surface area contributed by atoms with Gasteiger partial charge < -0.3 is 20.7 Å². The van der Waals surface area contributed by atoms with Crippen molar-refractivity contribution < 1.29 is 9.53 Å². The molecule has 1 amide bonds. The van der Waals surface area contributed by atoms with Gasteiger partial charge in [0.05, 0.1) is 0 Å². The fourth-order valence-corrected chi connectivity index (χ4v) is 2.18.